The number of carbonyl (C=O) groups excluding carboxylic acids is 2. The number of hydrogen-bond acceptors (Lipinski definition) is 6. The molecule has 0 radical (unpaired) electrons. The third-order valence-electron chi connectivity index (χ3n) is 5.31. The van der Waals surface area contributed by atoms with Gasteiger partial charge in [-0.25, -0.2) is 0 Å². The predicted molar refractivity (Wildman–Crippen MR) is 114 cm³/mol. The third-order valence-corrected chi connectivity index (χ3v) is 5.31. The molecule has 0 spiro atoms. The molecule has 4 rings (SSSR count). The zero-order valence-corrected chi connectivity index (χ0v) is 17.4. The number of aryl methyl sites for hydroxylation is 1. The Morgan fingerprint density at radius 1 is 0.968 bits per heavy atom. The molecule has 31 heavy (non-hydrogen) atoms. The van der Waals surface area contributed by atoms with Gasteiger partial charge in [0, 0.05) is 50.1 Å². The van der Waals surface area contributed by atoms with E-state index in [9.17, 15) is 9.59 Å². The van der Waals surface area contributed by atoms with E-state index in [1.807, 2.05) is 54.6 Å². The predicted octanol–water partition coefficient (Wildman–Crippen LogP) is 2.66. The van der Waals surface area contributed by atoms with E-state index in [2.05, 4.69) is 10.1 Å². The molecular weight excluding hydrogens is 396 g/mol. The Labute approximate surface area is 180 Å². The summed E-state index contributed by atoms with van der Waals surface area (Å²) in [4.78, 5) is 33.1. The minimum atomic E-state index is 0.00428. The Morgan fingerprint density at radius 3 is 2.32 bits per heavy atom. The van der Waals surface area contributed by atoms with Crippen molar-refractivity contribution in [1.82, 2.24) is 19.9 Å². The summed E-state index contributed by atoms with van der Waals surface area (Å²) in [6.07, 6.45) is 0.669. The molecule has 8 nitrogen and oxygen atoms in total. The molecule has 0 atom stereocenters. The number of ether oxygens (including phenoxy) is 1. The molecule has 1 aliphatic heterocycles. The van der Waals surface area contributed by atoms with E-state index in [-0.39, 0.29) is 18.2 Å². The second kappa shape index (κ2) is 9.42. The van der Waals surface area contributed by atoms with Crippen LogP contribution in [0.3, 0.4) is 0 Å². The van der Waals surface area contributed by atoms with E-state index < -0.39 is 0 Å². The highest BCUT2D eigenvalue weighted by molar-refractivity contribution is 5.94. The van der Waals surface area contributed by atoms with Crippen molar-refractivity contribution >= 4 is 11.8 Å². The molecule has 2 amide bonds. The summed E-state index contributed by atoms with van der Waals surface area (Å²) in [5.41, 5.74) is 1.49. The van der Waals surface area contributed by atoms with Crippen molar-refractivity contribution in [3.8, 4) is 17.1 Å². The molecule has 1 saturated heterocycles. The summed E-state index contributed by atoms with van der Waals surface area (Å²) in [7, 11) is 1.61. The van der Waals surface area contributed by atoms with Gasteiger partial charge in [-0.1, -0.05) is 23.4 Å². The molecule has 0 bridgehead atoms. The zero-order chi connectivity index (χ0) is 21.6. The molecule has 0 saturated carbocycles. The molecule has 0 unspecified atom stereocenters. The molecule has 2 aromatic carbocycles. The highest BCUT2D eigenvalue weighted by atomic mass is 16.5. The monoisotopic (exact) mass is 420 g/mol. The number of rotatable bonds is 6. The van der Waals surface area contributed by atoms with Gasteiger partial charge in [-0.05, 0) is 36.4 Å². The van der Waals surface area contributed by atoms with Gasteiger partial charge in [-0.2, -0.15) is 4.98 Å². The van der Waals surface area contributed by atoms with Crippen LogP contribution in [0.5, 0.6) is 5.75 Å². The molecule has 2 heterocycles. The number of piperazine rings is 1. The molecule has 8 heteroatoms. The van der Waals surface area contributed by atoms with Crippen LogP contribution in [0.25, 0.3) is 11.4 Å². The second-order valence-electron chi connectivity index (χ2n) is 7.28. The summed E-state index contributed by atoms with van der Waals surface area (Å²) >= 11 is 0. The summed E-state index contributed by atoms with van der Waals surface area (Å²) in [5.74, 6) is 1.69. The van der Waals surface area contributed by atoms with E-state index in [0.29, 0.717) is 49.9 Å². The van der Waals surface area contributed by atoms with Crippen LogP contribution in [0.2, 0.25) is 0 Å². The van der Waals surface area contributed by atoms with Crippen LogP contribution >= 0.6 is 0 Å². The van der Waals surface area contributed by atoms with E-state index in [0.717, 1.165) is 11.3 Å². The Hall–Kier alpha value is -3.68. The maximum absolute atomic E-state index is 12.6. The van der Waals surface area contributed by atoms with Gasteiger partial charge in [-0.3, -0.25) is 9.59 Å². The van der Waals surface area contributed by atoms with Crippen LogP contribution in [-0.4, -0.2) is 65.0 Å². The maximum atomic E-state index is 12.6. The fraction of sp³-hybridized carbons (Fsp3) is 0.304. The maximum Gasteiger partial charge on any atom is 0.253 e. The average Bonchev–Trinajstić information content (AvgIpc) is 3.32. The number of benzene rings is 2. The van der Waals surface area contributed by atoms with Crippen LogP contribution < -0.4 is 4.74 Å². The van der Waals surface area contributed by atoms with Gasteiger partial charge >= 0.3 is 0 Å². The van der Waals surface area contributed by atoms with Crippen molar-refractivity contribution < 1.29 is 18.8 Å². The minimum Gasteiger partial charge on any atom is -0.497 e. The first-order valence-corrected chi connectivity index (χ1v) is 10.2. The lowest BCUT2D eigenvalue weighted by atomic mass is 10.1. The van der Waals surface area contributed by atoms with E-state index >= 15 is 0 Å². The van der Waals surface area contributed by atoms with Gasteiger partial charge in [0.15, 0.2) is 0 Å². The summed E-state index contributed by atoms with van der Waals surface area (Å²) in [6.45, 7) is 2.11. The normalized spacial score (nSPS) is 13.8. The number of amides is 2. The topological polar surface area (TPSA) is 88.8 Å². The van der Waals surface area contributed by atoms with Gasteiger partial charge in [0.2, 0.25) is 17.6 Å². The first-order chi connectivity index (χ1) is 15.1. The number of nitrogens with zero attached hydrogens (tertiary/aromatic N) is 4. The van der Waals surface area contributed by atoms with E-state index in [4.69, 9.17) is 9.26 Å². The summed E-state index contributed by atoms with van der Waals surface area (Å²) < 4.78 is 10.4. The van der Waals surface area contributed by atoms with Crippen LogP contribution in [0.4, 0.5) is 0 Å². The van der Waals surface area contributed by atoms with Crippen LogP contribution in [-0.2, 0) is 11.2 Å². The molecule has 160 valence electrons. The summed E-state index contributed by atoms with van der Waals surface area (Å²) in [5, 5.41) is 3.99. The fourth-order valence-electron chi connectivity index (χ4n) is 3.51. The standard InChI is InChI=1S/C23H24N4O4/c1-30-19-9-7-17(8-10-19)22-24-20(31-25-22)11-12-21(28)26-13-15-27(16-14-26)23(29)18-5-3-2-4-6-18/h2-10H,11-16H2,1H3. The zero-order valence-electron chi connectivity index (χ0n) is 17.4. The van der Waals surface area contributed by atoms with Crippen LogP contribution in [0, 0.1) is 0 Å². The largest absolute Gasteiger partial charge is 0.497 e. The van der Waals surface area contributed by atoms with Crippen molar-refractivity contribution in [3.05, 3.63) is 66.1 Å². The lowest BCUT2D eigenvalue weighted by Gasteiger charge is -2.34. The smallest absolute Gasteiger partial charge is 0.253 e. The lowest BCUT2D eigenvalue weighted by molar-refractivity contribution is -0.132. The second-order valence-corrected chi connectivity index (χ2v) is 7.28. The van der Waals surface area contributed by atoms with Crippen molar-refractivity contribution in [2.45, 2.75) is 12.8 Å². The number of aromatic nitrogens is 2. The van der Waals surface area contributed by atoms with Crippen molar-refractivity contribution in [3.63, 3.8) is 0 Å². The van der Waals surface area contributed by atoms with Crippen LogP contribution in [0.15, 0.2) is 59.1 Å². The Kier molecular flexibility index (Phi) is 6.26. The molecule has 1 aromatic heterocycles. The van der Waals surface area contributed by atoms with Gasteiger partial charge < -0.3 is 19.1 Å². The van der Waals surface area contributed by atoms with Crippen molar-refractivity contribution in [1.29, 1.82) is 0 Å². The number of carbonyl (C=O) groups is 2. The lowest BCUT2D eigenvalue weighted by Crippen LogP contribution is -2.50. The average molecular weight is 420 g/mol. The van der Waals surface area contributed by atoms with Gasteiger partial charge in [0.05, 0.1) is 7.11 Å². The van der Waals surface area contributed by atoms with Crippen LogP contribution in [0.1, 0.15) is 22.7 Å². The molecule has 3 aromatic rings. The molecule has 1 fully saturated rings. The van der Waals surface area contributed by atoms with Crippen molar-refractivity contribution in [2.75, 3.05) is 33.3 Å². The highest BCUT2D eigenvalue weighted by Gasteiger charge is 2.25. The highest BCUT2D eigenvalue weighted by Crippen LogP contribution is 2.20. The van der Waals surface area contributed by atoms with E-state index in [1.165, 1.54) is 0 Å². The molecule has 0 aliphatic carbocycles. The van der Waals surface area contributed by atoms with Crippen molar-refractivity contribution in [2.24, 2.45) is 0 Å². The fourth-order valence-corrected chi connectivity index (χ4v) is 3.51. The number of methoxy groups -OCH3 is 1. The molecule has 1 aliphatic rings. The Balaban J connectivity index is 1.26. The Bertz CT molecular complexity index is 1030. The SMILES string of the molecule is COc1ccc(-c2noc(CCC(=O)N3CCN(C(=O)c4ccccc4)CC3)n2)cc1. The first kappa shape index (κ1) is 20.6. The number of hydrogen-bond donors (Lipinski definition) is 0. The first-order valence-electron chi connectivity index (χ1n) is 10.2. The van der Waals surface area contributed by atoms with Gasteiger partial charge in [-0.15, -0.1) is 0 Å². The quantitative estimate of drug-likeness (QED) is 0.609. The third kappa shape index (κ3) is 4.91. The summed E-state index contributed by atoms with van der Waals surface area (Å²) in [6, 6.07) is 16.6. The minimum absolute atomic E-state index is 0.00428. The molecular formula is C23H24N4O4. The van der Waals surface area contributed by atoms with Gasteiger partial charge in [0.25, 0.3) is 5.91 Å². The van der Waals surface area contributed by atoms with E-state index in [1.54, 1.807) is 16.9 Å². The van der Waals surface area contributed by atoms with Gasteiger partial charge in [0.1, 0.15) is 5.75 Å². The molecule has 0 N–H and O–H groups in total. The Morgan fingerprint density at radius 2 is 1.65 bits per heavy atom.